The first-order chi connectivity index (χ1) is 11.7. The van der Waals surface area contributed by atoms with Crippen LogP contribution in [0, 0.1) is 5.92 Å². The normalized spacial score (nSPS) is 25.5. The molecule has 124 valence electrons. The highest BCUT2D eigenvalue weighted by Crippen LogP contribution is 2.41. The van der Waals surface area contributed by atoms with Crippen LogP contribution in [-0.2, 0) is 17.0 Å². The van der Waals surface area contributed by atoms with Crippen LogP contribution in [0.3, 0.4) is 0 Å². The molecule has 3 atom stereocenters. The lowest BCUT2D eigenvalue weighted by Gasteiger charge is -2.41. The molecule has 1 saturated heterocycles. The Kier molecular flexibility index (Phi) is 4.36. The molecule has 0 aromatic heterocycles. The quantitative estimate of drug-likeness (QED) is 0.834. The number of benzene rings is 2. The Balaban J connectivity index is 1.53. The van der Waals surface area contributed by atoms with E-state index >= 15 is 0 Å². The first kappa shape index (κ1) is 15.8. The summed E-state index contributed by atoms with van der Waals surface area (Å²) in [5.74, 6) is 2.16. The van der Waals surface area contributed by atoms with Crippen LogP contribution >= 0.6 is 11.8 Å². The van der Waals surface area contributed by atoms with E-state index in [1.165, 1.54) is 21.6 Å². The lowest BCUT2D eigenvalue weighted by molar-refractivity contribution is -0.125. The average molecular weight is 337 g/mol. The van der Waals surface area contributed by atoms with Crippen molar-refractivity contribution < 1.29 is 4.79 Å². The van der Waals surface area contributed by atoms with Gasteiger partial charge in [0.2, 0.25) is 5.91 Å². The van der Waals surface area contributed by atoms with Gasteiger partial charge >= 0.3 is 0 Å². The van der Waals surface area contributed by atoms with Crippen LogP contribution in [0.25, 0.3) is 0 Å². The van der Waals surface area contributed by atoms with Crippen LogP contribution in [0.1, 0.15) is 42.4 Å². The van der Waals surface area contributed by atoms with Gasteiger partial charge in [-0.15, -0.1) is 11.8 Å². The van der Waals surface area contributed by atoms with Gasteiger partial charge in [-0.25, -0.2) is 0 Å². The number of carbonyl (C=O) groups excluding carboxylic acids is 1. The standard InChI is InChI=1S/C21H23NOS/c1-14-11-20(23)22-19-10-8-16-12-15(7-9-18(16)21(14)19)13-24-17-5-3-2-4-6-17/h2-7,9,12,14,19,21H,8,10-11,13H2,1H3,(H,22,23). The van der Waals surface area contributed by atoms with Gasteiger partial charge in [-0.05, 0) is 47.6 Å². The maximum absolute atomic E-state index is 11.8. The van der Waals surface area contributed by atoms with Gasteiger partial charge in [-0.2, -0.15) is 0 Å². The SMILES string of the molecule is CC1CC(=O)NC2CCc3cc(CSc4ccccc4)ccc3C12. The highest BCUT2D eigenvalue weighted by Gasteiger charge is 2.38. The van der Waals surface area contributed by atoms with E-state index in [0.29, 0.717) is 24.3 Å². The summed E-state index contributed by atoms with van der Waals surface area (Å²) in [6.07, 6.45) is 2.81. The highest BCUT2D eigenvalue weighted by molar-refractivity contribution is 7.98. The molecule has 2 aromatic carbocycles. The van der Waals surface area contributed by atoms with Crippen LogP contribution in [0.5, 0.6) is 0 Å². The van der Waals surface area contributed by atoms with E-state index in [1.807, 2.05) is 11.8 Å². The molecule has 0 saturated carbocycles. The predicted molar refractivity (Wildman–Crippen MR) is 99.2 cm³/mol. The van der Waals surface area contributed by atoms with E-state index in [9.17, 15) is 4.79 Å². The molecule has 2 nitrogen and oxygen atoms in total. The summed E-state index contributed by atoms with van der Waals surface area (Å²) in [5.41, 5.74) is 4.35. The molecule has 0 spiro atoms. The third-order valence-electron chi connectivity index (χ3n) is 5.34. The number of rotatable bonds is 3. The van der Waals surface area contributed by atoms with Crippen molar-refractivity contribution in [1.29, 1.82) is 0 Å². The van der Waals surface area contributed by atoms with E-state index < -0.39 is 0 Å². The molecule has 4 rings (SSSR count). The summed E-state index contributed by atoms with van der Waals surface area (Å²) < 4.78 is 0. The van der Waals surface area contributed by atoms with Crippen molar-refractivity contribution in [3.8, 4) is 0 Å². The molecule has 2 aromatic rings. The monoisotopic (exact) mass is 337 g/mol. The zero-order valence-corrected chi connectivity index (χ0v) is 14.8. The molecule has 0 bridgehead atoms. The lowest BCUT2D eigenvalue weighted by Crippen LogP contribution is -2.49. The maximum atomic E-state index is 11.8. The number of thioether (sulfide) groups is 1. The van der Waals surface area contributed by atoms with Crippen LogP contribution < -0.4 is 5.32 Å². The number of nitrogens with one attached hydrogen (secondary N) is 1. The molecule has 0 radical (unpaired) electrons. The summed E-state index contributed by atoms with van der Waals surface area (Å²) in [5, 5.41) is 3.21. The minimum absolute atomic E-state index is 0.225. The fraction of sp³-hybridized carbons (Fsp3) is 0.381. The molecule has 2 aliphatic rings. The smallest absolute Gasteiger partial charge is 0.220 e. The van der Waals surface area contributed by atoms with Crippen molar-refractivity contribution in [2.75, 3.05) is 0 Å². The van der Waals surface area contributed by atoms with Gasteiger partial charge in [0.15, 0.2) is 0 Å². The van der Waals surface area contributed by atoms with E-state index in [2.05, 4.69) is 60.8 Å². The summed E-state index contributed by atoms with van der Waals surface area (Å²) in [4.78, 5) is 13.1. The van der Waals surface area contributed by atoms with Gasteiger partial charge in [0.1, 0.15) is 0 Å². The molecule has 3 unspecified atom stereocenters. The Labute approximate surface area is 148 Å². The zero-order valence-electron chi connectivity index (χ0n) is 14.0. The average Bonchev–Trinajstić information content (AvgIpc) is 2.60. The van der Waals surface area contributed by atoms with Gasteiger partial charge in [0, 0.05) is 29.0 Å². The first-order valence-corrected chi connectivity index (χ1v) is 9.78. The van der Waals surface area contributed by atoms with Crippen LogP contribution in [0.15, 0.2) is 53.4 Å². The van der Waals surface area contributed by atoms with E-state index in [-0.39, 0.29) is 5.91 Å². The number of fused-ring (bicyclic) bond motifs is 3. The van der Waals surface area contributed by atoms with Gasteiger partial charge < -0.3 is 5.32 Å². The topological polar surface area (TPSA) is 29.1 Å². The zero-order chi connectivity index (χ0) is 16.5. The Morgan fingerprint density at radius 2 is 2.00 bits per heavy atom. The van der Waals surface area contributed by atoms with E-state index in [1.54, 1.807) is 0 Å². The number of aryl methyl sites for hydroxylation is 1. The van der Waals surface area contributed by atoms with Crippen LogP contribution in [0.4, 0.5) is 0 Å². The number of piperidine rings is 1. The summed E-state index contributed by atoms with van der Waals surface area (Å²) in [7, 11) is 0. The fourth-order valence-corrected chi connectivity index (χ4v) is 5.09. The van der Waals surface area contributed by atoms with Crippen LogP contribution in [-0.4, -0.2) is 11.9 Å². The largest absolute Gasteiger partial charge is 0.353 e. The molecule has 1 amide bonds. The van der Waals surface area contributed by atoms with E-state index in [0.717, 1.165) is 18.6 Å². The third-order valence-corrected chi connectivity index (χ3v) is 6.42. The fourth-order valence-electron chi connectivity index (χ4n) is 4.23. The molecule has 3 heteroatoms. The lowest BCUT2D eigenvalue weighted by atomic mass is 9.70. The predicted octanol–water partition coefficient (Wildman–Crippen LogP) is 4.53. The Bertz CT molecular complexity index is 743. The Hall–Kier alpha value is -1.74. The molecule has 24 heavy (non-hydrogen) atoms. The van der Waals surface area contributed by atoms with Crippen molar-refractivity contribution in [3.63, 3.8) is 0 Å². The highest BCUT2D eigenvalue weighted by atomic mass is 32.2. The first-order valence-electron chi connectivity index (χ1n) is 8.79. The number of amides is 1. The molecule has 1 heterocycles. The number of hydrogen-bond donors (Lipinski definition) is 1. The van der Waals surface area contributed by atoms with Crippen molar-refractivity contribution in [2.24, 2.45) is 5.92 Å². The molecular formula is C21H23NOS. The Morgan fingerprint density at radius 3 is 2.83 bits per heavy atom. The van der Waals surface area contributed by atoms with Crippen molar-refractivity contribution >= 4 is 17.7 Å². The minimum Gasteiger partial charge on any atom is -0.353 e. The number of hydrogen-bond acceptors (Lipinski definition) is 2. The van der Waals surface area contributed by atoms with Crippen molar-refractivity contribution in [1.82, 2.24) is 5.32 Å². The molecule has 1 N–H and O–H groups in total. The second-order valence-electron chi connectivity index (χ2n) is 7.05. The summed E-state index contributed by atoms with van der Waals surface area (Å²) >= 11 is 1.89. The van der Waals surface area contributed by atoms with Gasteiger partial charge in [-0.1, -0.05) is 43.3 Å². The molecular weight excluding hydrogens is 314 g/mol. The summed E-state index contributed by atoms with van der Waals surface area (Å²) in [6.45, 7) is 2.23. The third kappa shape index (κ3) is 3.10. The van der Waals surface area contributed by atoms with Crippen LogP contribution in [0.2, 0.25) is 0 Å². The summed E-state index contributed by atoms with van der Waals surface area (Å²) in [6, 6.07) is 17.9. The number of carbonyl (C=O) groups is 1. The van der Waals surface area contributed by atoms with Gasteiger partial charge in [-0.3, -0.25) is 4.79 Å². The molecule has 1 fully saturated rings. The van der Waals surface area contributed by atoms with Crippen molar-refractivity contribution in [2.45, 2.75) is 48.8 Å². The van der Waals surface area contributed by atoms with E-state index in [4.69, 9.17) is 0 Å². The van der Waals surface area contributed by atoms with Gasteiger partial charge in [0.05, 0.1) is 0 Å². The molecule has 1 aliphatic heterocycles. The maximum Gasteiger partial charge on any atom is 0.220 e. The second kappa shape index (κ2) is 6.64. The van der Waals surface area contributed by atoms with Crippen molar-refractivity contribution in [3.05, 3.63) is 65.2 Å². The Morgan fingerprint density at radius 1 is 1.17 bits per heavy atom. The second-order valence-corrected chi connectivity index (χ2v) is 8.10. The van der Waals surface area contributed by atoms with Gasteiger partial charge in [0.25, 0.3) is 0 Å². The minimum atomic E-state index is 0.225. The molecule has 1 aliphatic carbocycles.